The first-order chi connectivity index (χ1) is 7.54. The summed E-state index contributed by atoms with van der Waals surface area (Å²) in [5.74, 6) is 0. The SMILES string of the molecule is CCN(C(C)CN(C)C)C1CCCC(O)C1. The van der Waals surface area contributed by atoms with Gasteiger partial charge in [-0.25, -0.2) is 0 Å². The quantitative estimate of drug-likeness (QED) is 0.773. The van der Waals surface area contributed by atoms with Crippen LogP contribution in [0.15, 0.2) is 0 Å². The van der Waals surface area contributed by atoms with E-state index in [-0.39, 0.29) is 6.10 Å². The summed E-state index contributed by atoms with van der Waals surface area (Å²) in [6.07, 6.45) is 4.32. The maximum absolute atomic E-state index is 9.75. The van der Waals surface area contributed by atoms with E-state index in [0.29, 0.717) is 12.1 Å². The summed E-state index contributed by atoms with van der Waals surface area (Å²) in [6.45, 7) is 6.71. The minimum atomic E-state index is -0.0700. The van der Waals surface area contributed by atoms with E-state index in [9.17, 15) is 5.11 Å². The fourth-order valence-electron chi connectivity index (χ4n) is 3.00. The van der Waals surface area contributed by atoms with Crippen LogP contribution < -0.4 is 0 Å². The predicted molar refractivity (Wildman–Crippen MR) is 68.7 cm³/mol. The Hall–Kier alpha value is -0.120. The van der Waals surface area contributed by atoms with Gasteiger partial charge < -0.3 is 10.0 Å². The zero-order valence-corrected chi connectivity index (χ0v) is 11.3. The highest BCUT2D eigenvalue weighted by molar-refractivity contribution is 4.83. The van der Waals surface area contributed by atoms with E-state index in [1.165, 1.54) is 12.8 Å². The first-order valence-corrected chi connectivity index (χ1v) is 6.63. The molecule has 3 nitrogen and oxygen atoms in total. The highest BCUT2D eigenvalue weighted by Gasteiger charge is 2.27. The molecule has 16 heavy (non-hydrogen) atoms. The lowest BCUT2D eigenvalue weighted by molar-refractivity contribution is 0.0409. The van der Waals surface area contributed by atoms with Gasteiger partial charge in [0.1, 0.15) is 0 Å². The molecule has 1 rings (SSSR count). The van der Waals surface area contributed by atoms with Gasteiger partial charge in [-0.2, -0.15) is 0 Å². The summed E-state index contributed by atoms with van der Waals surface area (Å²) in [7, 11) is 4.25. The summed E-state index contributed by atoms with van der Waals surface area (Å²) in [6, 6.07) is 1.17. The highest BCUT2D eigenvalue weighted by atomic mass is 16.3. The third-order valence-corrected chi connectivity index (χ3v) is 3.65. The molecule has 1 fully saturated rings. The molecular formula is C13H28N2O. The number of aliphatic hydroxyl groups is 1. The normalized spacial score (nSPS) is 28.7. The van der Waals surface area contributed by atoms with E-state index in [1.807, 2.05) is 0 Å². The summed E-state index contributed by atoms with van der Waals surface area (Å²) in [4.78, 5) is 4.80. The van der Waals surface area contributed by atoms with Crippen molar-refractivity contribution in [2.45, 2.75) is 57.7 Å². The molecule has 96 valence electrons. The van der Waals surface area contributed by atoms with E-state index in [0.717, 1.165) is 25.9 Å². The molecular weight excluding hydrogens is 200 g/mol. The van der Waals surface area contributed by atoms with Crippen LogP contribution in [-0.2, 0) is 0 Å². The van der Waals surface area contributed by atoms with E-state index in [4.69, 9.17) is 0 Å². The standard InChI is InChI=1S/C13H28N2O/c1-5-15(11(2)10-14(3)4)12-7-6-8-13(16)9-12/h11-13,16H,5-10H2,1-4H3. The van der Waals surface area contributed by atoms with Crippen LogP contribution >= 0.6 is 0 Å². The first kappa shape index (κ1) is 13.9. The van der Waals surface area contributed by atoms with Crippen molar-refractivity contribution < 1.29 is 5.11 Å². The topological polar surface area (TPSA) is 26.7 Å². The van der Waals surface area contributed by atoms with Gasteiger partial charge in [0.25, 0.3) is 0 Å². The van der Waals surface area contributed by atoms with Crippen molar-refractivity contribution in [3.05, 3.63) is 0 Å². The van der Waals surface area contributed by atoms with Crippen LogP contribution in [0.4, 0.5) is 0 Å². The van der Waals surface area contributed by atoms with E-state index in [1.54, 1.807) is 0 Å². The van der Waals surface area contributed by atoms with E-state index >= 15 is 0 Å². The molecule has 0 saturated heterocycles. The molecule has 0 amide bonds. The average Bonchev–Trinajstić information content (AvgIpc) is 2.17. The van der Waals surface area contributed by atoms with Crippen molar-refractivity contribution in [1.29, 1.82) is 0 Å². The van der Waals surface area contributed by atoms with Crippen molar-refractivity contribution in [2.24, 2.45) is 0 Å². The molecule has 0 aromatic rings. The summed E-state index contributed by atoms with van der Waals surface area (Å²) in [5.41, 5.74) is 0. The van der Waals surface area contributed by atoms with Gasteiger partial charge >= 0.3 is 0 Å². The van der Waals surface area contributed by atoms with E-state index < -0.39 is 0 Å². The number of rotatable bonds is 5. The van der Waals surface area contributed by atoms with Gasteiger partial charge in [-0.3, -0.25) is 4.90 Å². The molecule has 0 aliphatic heterocycles. The molecule has 1 aliphatic carbocycles. The Morgan fingerprint density at radius 3 is 2.50 bits per heavy atom. The van der Waals surface area contributed by atoms with Crippen LogP contribution in [0.1, 0.15) is 39.5 Å². The van der Waals surface area contributed by atoms with Crippen LogP contribution in [0.2, 0.25) is 0 Å². The molecule has 1 aliphatic rings. The molecule has 0 bridgehead atoms. The molecule has 0 spiro atoms. The molecule has 0 aromatic heterocycles. The fourth-order valence-corrected chi connectivity index (χ4v) is 3.00. The Labute approximate surface area is 100 Å². The maximum atomic E-state index is 9.75. The maximum Gasteiger partial charge on any atom is 0.0555 e. The Morgan fingerprint density at radius 1 is 1.31 bits per heavy atom. The second kappa shape index (κ2) is 6.58. The summed E-state index contributed by atoms with van der Waals surface area (Å²) >= 11 is 0. The lowest BCUT2D eigenvalue weighted by atomic mass is 9.91. The Morgan fingerprint density at radius 2 is 2.00 bits per heavy atom. The molecule has 0 heterocycles. The zero-order chi connectivity index (χ0) is 12.1. The van der Waals surface area contributed by atoms with Crippen LogP contribution in [0.3, 0.4) is 0 Å². The molecule has 1 N–H and O–H groups in total. The van der Waals surface area contributed by atoms with Gasteiger partial charge in [0, 0.05) is 18.6 Å². The molecule has 3 heteroatoms. The summed E-state index contributed by atoms with van der Waals surface area (Å²) in [5, 5.41) is 9.75. The third kappa shape index (κ3) is 4.04. The predicted octanol–water partition coefficient (Wildman–Crippen LogP) is 1.56. The minimum absolute atomic E-state index is 0.0700. The molecule has 3 atom stereocenters. The monoisotopic (exact) mass is 228 g/mol. The molecule has 0 aromatic carbocycles. The Kier molecular flexibility index (Phi) is 5.73. The molecule has 3 unspecified atom stereocenters. The van der Waals surface area contributed by atoms with Crippen LogP contribution in [0.25, 0.3) is 0 Å². The van der Waals surface area contributed by atoms with Crippen molar-refractivity contribution in [3.8, 4) is 0 Å². The van der Waals surface area contributed by atoms with Gasteiger partial charge in [-0.15, -0.1) is 0 Å². The fraction of sp³-hybridized carbons (Fsp3) is 1.00. The minimum Gasteiger partial charge on any atom is -0.393 e. The zero-order valence-electron chi connectivity index (χ0n) is 11.3. The third-order valence-electron chi connectivity index (χ3n) is 3.65. The van der Waals surface area contributed by atoms with Crippen molar-refractivity contribution in [1.82, 2.24) is 9.80 Å². The summed E-state index contributed by atoms with van der Waals surface area (Å²) < 4.78 is 0. The van der Waals surface area contributed by atoms with E-state index in [2.05, 4.69) is 37.7 Å². The van der Waals surface area contributed by atoms with Gasteiger partial charge in [0.05, 0.1) is 6.10 Å². The second-order valence-corrected chi connectivity index (χ2v) is 5.42. The molecule has 1 saturated carbocycles. The van der Waals surface area contributed by atoms with Crippen molar-refractivity contribution in [2.75, 3.05) is 27.2 Å². The van der Waals surface area contributed by atoms with Gasteiger partial charge in [-0.1, -0.05) is 6.92 Å². The van der Waals surface area contributed by atoms with Gasteiger partial charge in [0.2, 0.25) is 0 Å². The smallest absolute Gasteiger partial charge is 0.0555 e. The van der Waals surface area contributed by atoms with Crippen LogP contribution in [-0.4, -0.2) is 60.3 Å². The lowest BCUT2D eigenvalue weighted by Crippen LogP contribution is -2.48. The largest absolute Gasteiger partial charge is 0.393 e. The first-order valence-electron chi connectivity index (χ1n) is 6.63. The Bertz CT molecular complexity index is 196. The number of hydrogen-bond donors (Lipinski definition) is 1. The number of aliphatic hydroxyl groups excluding tert-OH is 1. The van der Waals surface area contributed by atoms with Crippen molar-refractivity contribution >= 4 is 0 Å². The molecule has 0 radical (unpaired) electrons. The van der Waals surface area contributed by atoms with Gasteiger partial charge in [0.15, 0.2) is 0 Å². The van der Waals surface area contributed by atoms with Gasteiger partial charge in [-0.05, 0) is 53.2 Å². The highest BCUT2D eigenvalue weighted by Crippen LogP contribution is 2.24. The number of likely N-dealkylation sites (N-methyl/N-ethyl adjacent to an activating group) is 2. The number of hydrogen-bond acceptors (Lipinski definition) is 3. The second-order valence-electron chi connectivity index (χ2n) is 5.42. The van der Waals surface area contributed by atoms with Crippen LogP contribution in [0, 0.1) is 0 Å². The van der Waals surface area contributed by atoms with Crippen LogP contribution in [0.5, 0.6) is 0 Å². The Balaban J connectivity index is 2.51. The lowest BCUT2D eigenvalue weighted by Gasteiger charge is -2.40. The van der Waals surface area contributed by atoms with Crippen molar-refractivity contribution in [3.63, 3.8) is 0 Å². The average molecular weight is 228 g/mol. The number of nitrogens with zero attached hydrogens (tertiary/aromatic N) is 2.